The van der Waals surface area contributed by atoms with Gasteiger partial charge in [-0.3, -0.25) is 0 Å². The van der Waals surface area contributed by atoms with Crippen LogP contribution in [0.5, 0.6) is 0 Å². The summed E-state index contributed by atoms with van der Waals surface area (Å²) >= 11 is 6.31. The minimum absolute atomic E-state index is 0.0561. The fraction of sp³-hybridized carbons (Fsp3) is 0.667. The molecule has 1 aromatic carbocycles. The number of nitrogens with one attached hydrogen (secondary N) is 1. The molecule has 154 valence electrons. The smallest absolute Gasteiger partial charge is 0.407 e. The summed E-state index contributed by atoms with van der Waals surface area (Å²) in [5, 5.41) is 3.05. The van der Waals surface area contributed by atoms with Crippen LogP contribution in [0.3, 0.4) is 0 Å². The predicted octanol–water partition coefficient (Wildman–Crippen LogP) is 5.75. The highest BCUT2D eigenvalue weighted by molar-refractivity contribution is 6.74. The minimum Gasteiger partial charge on any atom is -0.444 e. The molecule has 0 saturated carbocycles. The van der Waals surface area contributed by atoms with Gasteiger partial charge in [0.15, 0.2) is 8.32 Å². The second kappa shape index (κ2) is 9.44. The van der Waals surface area contributed by atoms with Gasteiger partial charge in [0.05, 0.1) is 12.1 Å². The van der Waals surface area contributed by atoms with Gasteiger partial charge >= 0.3 is 6.09 Å². The number of alkyl carbamates (subject to hydrolysis) is 1. The molecule has 0 spiro atoms. The van der Waals surface area contributed by atoms with E-state index in [2.05, 4.69) is 39.2 Å². The molecule has 0 fully saturated rings. The predicted molar refractivity (Wildman–Crippen MR) is 116 cm³/mol. The van der Waals surface area contributed by atoms with Gasteiger partial charge in [-0.2, -0.15) is 0 Å². The molecule has 1 aromatic rings. The second-order valence-electron chi connectivity index (χ2n) is 9.51. The van der Waals surface area contributed by atoms with Gasteiger partial charge < -0.3 is 14.5 Å². The lowest BCUT2D eigenvalue weighted by atomic mass is 10.0. The van der Waals surface area contributed by atoms with E-state index in [0.29, 0.717) is 12.3 Å². The first kappa shape index (κ1) is 24.0. The summed E-state index contributed by atoms with van der Waals surface area (Å²) in [6.07, 6.45) is -0.107. The Hall–Kier alpha value is -1.04. The Morgan fingerprint density at radius 1 is 1.11 bits per heavy atom. The van der Waals surface area contributed by atoms with Crippen molar-refractivity contribution in [3.8, 4) is 0 Å². The molecule has 0 aliphatic carbocycles. The number of amides is 1. The first-order valence-electron chi connectivity index (χ1n) is 9.52. The van der Waals surface area contributed by atoms with Crippen LogP contribution in [0.1, 0.15) is 47.1 Å². The maximum Gasteiger partial charge on any atom is 0.407 e. The summed E-state index contributed by atoms with van der Waals surface area (Å²) in [6.45, 7) is 16.5. The molecule has 0 heterocycles. The van der Waals surface area contributed by atoms with E-state index in [9.17, 15) is 4.79 Å². The van der Waals surface area contributed by atoms with Crippen LogP contribution < -0.4 is 5.32 Å². The van der Waals surface area contributed by atoms with Crippen LogP contribution >= 0.6 is 11.6 Å². The lowest BCUT2D eigenvalue weighted by molar-refractivity contribution is 0.0448. The zero-order chi connectivity index (χ0) is 20.9. The summed E-state index contributed by atoms with van der Waals surface area (Å²) < 4.78 is 12.0. The molecule has 1 N–H and O–H groups in total. The van der Waals surface area contributed by atoms with Crippen molar-refractivity contribution < 1.29 is 14.0 Å². The van der Waals surface area contributed by atoms with E-state index in [4.69, 9.17) is 20.8 Å². The van der Waals surface area contributed by atoms with Gasteiger partial charge in [0.25, 0.3) is 0 Å². The summed E-state index contributed by atoms with van der Waals surface area (Å²) in [5.74, 6) is 0.305. The molecular weight excluding hydrogens is 378 g/mol. The molecule has 0 saturated heterocycles. The molecule has 4 nitrogen and oxygen atoms in total. The third-order valence-corrected chi connectivity index (χ3v) is 9.66. The number of carbonyl (C=O) groups is 1. The van der Waals surface area contributed by atoms with Gasteiger partial charge in [0.1, 0.15) is 5.60 Å². The molecule has 0 aromatic heterocycles. The van der Waals surface area contributed by atoms with Crippen LogP contribution in [-0.2, 0) is 15.6 Å². The van der Waals surface area contributed by atoms with Crippen molar-refractivity contribution in [1.29, 1.82) is 0 Å². The quantitative estimate of drug-likeness (QED) is 0.457. The van der Waals surface area contributed by atoms with Gasteiger partial charge in [-0.15, -0.1) is 11.6 Å². The van der Waals surface area contributed by atoms with Crippen molar-refractivity contribution in [3.05, 3.63) is 35.9 Å². The maximum atomic E-state index is 12.4. The van der Waals surface area contributed by atoms with E-state index in [-0.39, 0.29) is 17.2 Å². The molecule has 2 atom stereocenters. The standard InChI is InChI=1S/C21H36ClNO3Si/c1-20(2,3)25-19(24)23-17(14-16-12-10-9-11-13-16)18(15-22)26-27(7,8)21(4,5)6/h9-13,17-18H,14-15H2,1-8H3,(H,23,24). The Morgan fingerprint density at radius 2 is 1.67 bits per heavy atom. The van der Waals surface area contributed by atoms with Crippen molar-refractivity contribution in [2.75, 3.05) is 5.88 Å². The number of hydrogen-bond donors (Lipinski definition) is 1. The molecular formula is C21H36ClNO3Si. The van der Waals surface area contributed by atoms with Crippen molar-refractivity contribution in [3.63, 3.8) is 0 Å². The Kier molecular flexibility index (Phi) is 8.39. The largest absolute Gasteiger partial charge is 0.444 e. The van der Waals surface area contributed by atoms with E-state index in [1.54, 1.807) is 0 Å². The fourth-order valence-electron chi connectivity index (χ4n) is 2.38. The number of ether oxygens (including phenoxy) is 1. The Labute approximate surface area is 171 Å². The molecule has 0 aliphatic rings. The van der Waals surface area contributed by atoms with Gasteiger partial charge in [0.2, 0.25) is 0 Å². The lowest BCUT2D eigenvalue weighted by Gasteiger charge is -2.41. The van der Waals surface area contributed by atoms with Crippen LogP contribution in [-0.4, -0.2) is 38.0 Å². The molecule has 0 radical (unpaired) electrons. The molecule has 27 heavy (non-hydrogen) atoms. The van der Waals surface area contributed by atoms with Crippen LogP contribution in [0.25, 0.3) is 0 Å². The van der Waals surface area contributed by atoms with Crippen LogP contribution in [0.15, 0.2) is 30.3 Å². The fourth-order valence-corrected chi connectivity index (χ4v) is 4.12. The van der Waals surface area contributed by atoms with Gasteiger partial charge in [-0.25, -0.2) is 4.79 Å². The number of hydrogen-bond acceptors (Lipinski definition) is 3. The summed E-state index contributed by atoms with van der Waals surface area (Å²) in [7, 11) is -2.04. The van der Waals surface area contributed by atoms with Gasteiger partial charge in [-0.1, -0.05) is 51.1 Å². The van der Waals surface area contributed by atoms with Gasteiger partial charge in [-0.05, 0) is 50.9 Å². The van der Waals surface area contributed by atoms with Crippen LogP contribution in [0, 0.1) is 0 Å². The summed E-state index contributed by atoms with van der Waals surface area (Å²) in [5.41, 5.74) is 0.561. The molecule has 0 aliphatic heterocycles. The SMILES string of the molecule is CC(C)(C)OC(=O)NC(Cc1ccccc1)C(CCl)O[Si](C)(C)C(C)(C)C. The third-order valence-electron chi connectivity index (χ3n) is 4.85. The summed E-state index contributed by atoms with van der Waals surface area (Å²) in [4.78, 5) is 12.4. The number of halogens is 1. The third kappa shape index (κ3) is 8.24. The first-order chi connectivity index (χ1) is 12.2. The minimum atomic E-state index is -2.04. The summed E-state index contributed by atoms with van der Waals surface area (Å²) in [6, 6.07) is 9.77. The average molecular weight is 414 g/mol. The number of rotatable bonds is 7. The van der Waals surface area contributed by atoms with Crippen LogP contribution in [0.4, 0.5) is 4.79 Å². The monoisotopic (exact) mass is 413 g/mol. The van der Waals surface area contributed by atoms with E-state index in [1.165, 1.54) is 0 Å². The molecule has 1 rings (SSSR count). The average Bonchev–Trinajstić information content (AvgIpc) is 2.50. The molecule has 0 bridgehead atoms. The van der Waals surface area contributed by atoms with Crippen molar-refractivity contribution in [2.45, 2.75) is 83.8 Å². The van der Waals surface area contributed by atoms with Crippen molar-refractivity contribution in [2.24, 2.45) is 0 Å². The normalized spacial score (nSPS) is 15.1. The molecule has 2 unspecified atom stereocenters. The Bertz CT molecular complexity index is 594. The van der Waals surface area contributed by atoms with Crippen LogP contribution in [0.2, 0.25) is 18.1 Å². The topological polar surface area (TPSA) is 47.6 Å². The second-order valence-corrected chi connectivity index (χ2v) is 14.6. The number of carbonyl (C=O) groups excluding carboxylic acids is 1. The van der Waals surface area contributed by atoms with E-state index >= 15 is 0 Å². The lowest BCUT2D eigenvalue weighted by Crippen LogP contribution is -2.54. The zero-order valence-electron chi connectivity index (χ0n) is 18.1. The molecule has 6 heteroatoms. The maximum absolute atomic E-state index is 12.4. The highest BCUT2D eigenvalue weighted by atomic mass is 35.5. The van der Waals surface area contributed by atoms with Crippen molar-refractivity contribution >= 4 is 26.0 Å². The van der Waals surface area contributed by atoms with Crippen molar-refractivity contribution in [1.82, 2.24) is 5.32 Å². The highest BCUT2D eigenvalue weighted by Crippen LogP contribution is 2.38. The highest BCUT2D eigenvalue weighted by Gasteiger charge is 2.41. The van der Waals surface area contributed by atoms with Gasteiger partial charge in [0, 0.05) is 5.88 Å². The Balaban J connectivity index is 3.04. The number of benzene rings is 1. The van der Waals surface area contributed by atoms with E-state index in [0.717, 1.165) is 5.56 Å². The molecule has 1 amide bonds. The van der Waals surface area contributed by atoms with E-state index < -0.39 is 20.0 Å². The Morgan fingerprint density at radius 3 is 2.11 bits per heavy atom. The van der Waals surface area contributed by atoms with E-state index in [1.807, 2.05) is 51.1 Å². The number of alkyl halides is 1. The zero-order valence-corrected chi connectivity index (χ0v) is 19.8. The first-order valence-corrected chi connectivity index (χ1v) is 13.0.